The first-order valence-electron chi connectivity index (χ1n) is 4.20. The second-order valence-electron chi connectivity index (χ2n) is 3.50. The first-order valence-corrected chi connectivity index (χ1v) is 4.20. The summed E-state index contributed by atoms with van der Waals surface area (Å²) >= 11 is 0. The summed E-state index contributed by atoms with van der Waals surface area (Å²) in [4.78, 5) is 14.6. The molecule has 4 heteroatoms. The van der Waals surface area contributed by atoms with Crippen molar-refractivity contribution < 1.29 is 9.90 Å². The summed E-state index contributed by atoms with van der Waals surface area (Å²) in [5, 5.41) is 8.45. The second kappa shape index (κ2) is 3.87. The van der Waals surface area contributed by atoms with Gasteiger partial charge in [-0.25, -0.2) is 0 Å². The van der Waals surface area contributed by atoms with Crippen LogP contribution in [0.5, 0.6) is 0 Å². The molecule has 0 saturated carbocycles. The lowest BCUT2D eigenvalue weighted by molar-refractivity contribution is -0.137. The van der Waals surface area contributed by atoms with Crippen molar-refractivity contribution in [2.45, 2.75) is 12.5 Å². The Bertz CT molecular complexity index is 166. The van der Waals surface area contributed by atoms with Crippen molar-refractivity contribution in [3.8, 4) is 0 Å². The first kappa shape index (κ1) is 9.48. The lowest BCUT2D eigenvalue weighted by Gasteiger charge is -2.41. The maximum Gasteiger partial charge on any atom is 0.304 e. The highest BCUT2D eigenvalue weighted by Crippen LogP contribution is 2.10. The van der Waals surface area contributed by atoms with Gasteiger partial charge in [-0.3, -0.25) is 4.79 Å². The number of aliphatic carboxylic acids is 1. The van der Waals surface area contributed by atoms with E-state index in [0.717, 1.165) is 13.1 Å². The fourth-order valence-electron chi connectivity index (χ4n) is 1.40. The van der Waals surface area contributed by atoms with Gasteiger partial charge < -0.3 is 14.9 Å². The third kappa shape index (κ3) is 2.46. The summed E-state index contributed by atoms with van der Waals surface area (Å²) < 4.78 is 0. The fraction of sp³-hybridized carbons (Fsp3) is 0.875. The lowest BCUT2D eigenvalue weighted by atomic mass is 10.1. The van der Waals surface area contributed by atoms with Crippen LogP contribution in [0.15, 0.2) is 0 Å². The van der Waals surface area contributed by atoms with E-state index in [1.807, 2.05) is 7.05 Å². The van der Waals surface area contributed by atoms with E-state index in [9.17, 15) is 4.79 Å². The predicted octanol–water partition coefficient (Wildman–Crippen LogP) is -0.293. The van der Waals surface area contributed by atoms with Gasteiger partial charge in [-0.05, 0) is 14.1 Å². The minimum atomic E-state index is -0.713. The molecule has 0 aromatic carbocycles. The van der Waals surface area contributed by atoms with E-state index in [1.54, 1.807) is 0 Å². The quantitative estimate of drug-likeness (QED) is 0.632. The third-order valence-corrected chi connectivity index (χ3v) is 2.35. The number of carboxylic acid groups (broad SMARTS) is 1. The third-order valence-electron chi connectivity index (χ3n) is 2.35. The number of carboxylic acids is 1. The average molecular weight is 172 g/mol. The number of rotatable bonds is 4. The molecule has 1 heterocycles. The Morgan fingerprint density at radius 3 is 2.67 bits per heavy atom. The molecule has 1 aliphatic heterocycles. The minimum absolute atomic E-state index is 0.247. The molecule has 0 amide bonds. The zero-order valence-corrected chi connectivity index (χ0v) is 7.66. The molecule has 1 aliphatic rings. The molecule has 0 unspecified atom stereocenters. The number of likely N-dealkylation sites (N-methyl/N-ethyl adjacent to an activating group) is 2. The number of hydrogen-bond acceptors (Lipinski definition) is 3. The molecule has 1 fully saturated rings. The van der Waals surface area contributed by atoms with Gasteiger partial charge in [0.2, 0.25) is 0 Å². The van der Waals surface area contributed by atoms with Crippen LogP contribution in [0.4, 0.5) is 0 Å². The highest BCUT2D eigenvalue weighted by Gasteiger charge is 2.26. The number of likely N-dealkylation sites (tertiary alicyclic amines) is 1. The number of carbonyl (C=O) groups is 1. The zero-order chi connectivity index (χ0) is 9.14. The zero-order valence-electron chi connectivity index (χ0n) is 7.66. The van der Waals surface area contributed by atoms with Gasteiger partial charge in [0.05, 0.1) is 6.42 Å². The molecule has 12 heavy (non-hydrogen) atoms. The Kier molecular flexibility index (Phi) is 3.05. The number of nitrogens with zero attached hydrogens (tertiary/aromatic N) is 2. The van der Waals surface area contributed by atoms with Crippen molar-refractivity contribution in [1.29, 1.82) is 0 Å². The van der Waals surface area contributed by atoms with Crippen molar-refractivity contribution in [3.05, 3.63) is 0 Å². The van der Waals surface area contributed by atoms with Crippen LogP contribution < -0.4 is 0 Å². The normalized spacial score (nSPS) is 19.6. The van der Waals surface area contributed by atoms with Gasteiger partial charge in [-0.2, -0.15) is 0 Å². The standard InChI is InChI=1S/C8H16N2O2/c1-9-5-7(6-9)10(2)4-3-8(11)12/h7H,3-6H2,1-2H3,(H,11,12). The van der Waals surface area contributed by atoms with Crippen molar-refractivity contribution in [1.82, 2.24) is 9.80 Å². The van der Waals surface area contributed by atoms with Crippen molar-refractivity contribution >= 4 is 5.97 Å². The number of hydrogen-bond donors (Lipinski definition) is 1. The fourth-order valence-corrected chi connectivity index (χ4v) is 1.40. The van der Waals surface area contributed by atoms with Crippen LogP contribution in [0.1, 0.15) is 6.42 Å². The summed E-state index contributed by atoms with van der Waals surface area (Å²) in [5.41, 5.74) is 0. The molecule has 1 N–H and O–H groups in total. The van der Waals surface area contributed by atoms with E-state index in [1.165, 1.54) is 0 Å². The molecule has 4 nitrogen and oxygen atoms in total. The van der Waals surface area contributed by atoms with E-state index in [2.05, 4.69) is 16.8 Å². The topological polar surface area (TPSA) is 43.8 Å². The first-order chi connectivity index (χ1) is 5.59. The molecular formula is C8H16N2O2. The van der Waals surface area contributed by atoms with Crippen molar-refractivity contribution in [2.75, 3.05) is 33.7 Å². The Labute approximate surface area is 72.8 Å². The van der Waals surface area contributed by atoms with Crippen LogP contribution in [0.2, 0.25) is 0 Å². The molecule has 0 spiro atoms. The Morgan fingerprint density at radius 1 is 1.67 bits per heavy atom. The van der Waals surface area contributed by atoms with Gasteiger partial charge >= 0.3 is 5.97 Å². The Balaban J connectivity index is 2.12. The molecular weight excluding hydrogens is 156 g/mol. The summed E-state index contributed by atoms with van der Waals surface area (Å²) in [6, 6.07) is 0.564. The SMILES string of the molecule is CN1CC(N(C)CCC(=O)O)C1. The van der Waals surface area contributed by atoms with Gasteiger partial charge in [-0.15, -0.1) is 0 Å². The van der Waals surface area contributed by atoms with Gasteiger partial charge in [0.15, 0.2) is 0 Å². The monoisotopic (exact) mass is 172 g/mol. The van der Waals surface area contributed by atoms with E-state index >= 15 is 0 Å². The molecule has 0 aromatic heterocycles. The average Bonchev–Trinajstić information content (AvgIpc) is 1.94. The molecule has 0 radical (unpaired) electrons. The van der Waals surface area contributed by atoms with Crippen LogP contribution in [0.25, 0.3) is 0 Å². The minimum Gasteiger partial charge on any atom is -0.481 e. The summed E-state index contributed by atoms with van der Waals surface area (Å²) in [6.07, 6.45) is 0.247. The van der Waals surface area contributed by atoms with Crippen LogP contribution in [-0.2, 0) is 4.79 Å². The summed E-state index contributed by atoms with van der Waals surface area (Å²) in [7, 11) is 4.06. The van der Waals surface area contributed by atoms with Crippen LogP contribution in [0.3, 0.4) is 0 Å². The summed E-state index contributed by atoms with van der Waals surface area (Å²) in [6.45, 7) is 2.79. The van der Waals surface area contributed by atoms with E-state index < -0.39 is 5.97 Å². The van der Waals surface area contributed by atoms with E-state index in [-0.39, 0.29) is 6.42 Å². The highest BCUT2D eigenvalue weighted by atomic mass is 16.4. The van der Waals surface area contributed by atoms with E-state index in [0.29, 0.717) is 12.6 Å². The highest BCUT2D eigenvalue weighted by molar-refractivity contribution is 5.66. The molecule has 0 aromatic rings. The second-order valence-corrected chi connectivity index (χ2v) is 3.50. The molecule has 0 atom stereocenters. The van der Waals surface area contributed by atoms with Crippen LogP contribution in [0, 0.1) is 0 Å². The smallest absolute Gasteiger partial charge is 0.304 e. The molecule has 0 aliphatic carbocycles. The van der Waals surface area contributed by atoms with Crippen molar-refractivity contribution in [3.63, 3.8) is 0 Å². The molecule has 1 saturated heterocycles. The predicted molar refractivity (Wildman–Crippen MR) is 46.2 cm³/mol. The Hall–Kier alpha value is -0.610. The van der Waals surface area contributed by atoms with Gasteiger partial charge in [0.25, 0.3) is 0 Å². The molecule has 1 rings (SSSR count). The lowest BCUT2D eigenvalue weighted by Crippen LogP contribution is -2.56. The largest absolute Gasteiger partial charge is 0.481 e. The molecule has 70 valence electrons. The van der Waals surface area contributed by atoms with Gasteiger partial charge in [0.1, 0.15) is 0 Å². The van der Waals surface area contributed by atoms with Crippen LogP contribution >= 0.6 is 0 Å². The summed E-state index contributed by atoms with van der Waals surface area (Å²) in [5.74, 6) is -0.713. The molecule has 0 bridgehead atoms. The Morgan fingerprint density at radius 2 is 2.25 bits per heavy atom. The maximum absolute atomic E-state index is 10.3. The van der Waals surface area contributed by atoms with Gasteiger partial charge in [0, 0.05) is 25.7 Å². The van der Waals surface area contributed by atoms with Gasteiger partial charge in [-0.1, -0.05) is 0 Å². The van der Waals surface area contributed by atoms with E-state index in [4.69, 9.17) is 5.11 Å². The maximum atomic E-state index is 10.3. The van der Waals surface area contributed by atoms with Crippen molar-refractivity contribution in [2.24, 2.45) is 0 Å². The van der Waals surface area contributed by atoms with Crippen LogP contribution in [-0.4, -0.2) is 60.6 Å².